The summed E-state index contributed by atoms with van der Waals surface area (Å²) in [4.78, 5) is 13.1. The minimum atomic E-state index is -4.50. The molecule has 0 radical (unpaired) electrons. The smallest absolute Gasteiger partial charge is 0.416 e. The van der Waals surface area contributed by atoms with Crippen LogP contribution < -0.4 is 4.90 Å². The molecule has 1 atom stereocenters. The molecule has 0 amide bonds. The molecule has 0 spiro atoms. The fourth-order valence-electron chi connectivity index (χ4n) is 2.11. The Morgan fingerprint density at radius 2 is 2.20 bits per heavy atom. The number of esters is 1. The Morgan fingerprint density at radius 3 is 2.65 bits per heavy atom. The van der Waals surface area contributed by atoms with Crippen LogP contribution in [0.5, 0.6) is 0 Å². The van der Waals surface area contributed by atoms with Gasteiger partial charge in [0, 0.05) is 6.54 Å². The van der Waals surface area contributed by atoms with Crippen LogP contribution in [0.4, 0.5) is 18.9 Å². The number of ether oxygens (including phenoxy) is 1. The van der Waals surface area contributed by atoms with Crippen LogP contribution in [0, 0.1) is 11.3 Å². The van der Waals surface area contributed by atoms with E-state index >= 15 is 0 Å². The zero-order valence-corrected chi connectivity index (χ0v) is 10.6. The molecule has 0 aromatic heterocycles. The largest absolute Gasteiger partial charge is 0.467 e. The van der Waals surface area contributed by atoms with Crippen molar-refractivity contribution in [2.24, 2.45) is 0 Å². The summed E-state index contributed by atoms with van der Waals surface area (Å²) in [5.74, 6) is -0.458. The van der Waals surface area contributed by atoms with Gasteiger partial charge in [-0.3, -0.25) is 0 Å². The summed E-state index contributed by atoms with van der Waals surface area (Å²) in [7, 11) is 1.25. The third-order valence-electron chi connectivity index (χ3n) is 3.25. The first kappa shape index (κ1) is 14.2. The molecule has 4 nitrogen and oxygen atoms in total. The van der Waals surface area contributed by atoms with E-state index in [4.69, 9.17) is 5.26 Å². The van der Waals surface area contributed by atoms with Crippen LogP contribution >= 0.6 is 0 Å². The van der Waals surface area contributed by atoms with E-state index in [1.165, 1.54) is 13.2 Å². The molecule has 1 heterocycles. The van der Waals surface area contributed by atoms with Crippen molar-refractivity contribution in [2.75, 3.05) is 18.6 Å². The second kappa shape index (κ2) is 5.04. The van der Waals surface area contributed by atoms with Gasteiger partial charge in [-0.05, 0) is 24.6 Å². The number of carbonyl (C=O) groups is 1. The van der Waals surface area contributed by atoms with Gasteiger partial charge in [-0.1, -0.05) is 0 Å². The number of rotatable bonds is 2. The molecule has 1 fully saturated rings. The monoisotopic (exact) mass is 284 g/mol. The van der Waals surface area contributed by atoms with Crippen LogP contribution in [0.15, 0.2) is 18.2 Å². The van der Waals surface area contributed by atoms with E-state index in [9.17, 15) is 18.0 Å². The van der Waals surface area contributed by atoms with Crippen LogP contribution in [0.1, 0.15) is 17.5 Å². The van der Waals surface area contributed by atoms with E-state index in [2.05, 4.69) is 4.74 Å². The molecule has 1 aliphatic rings. The van der Waals surface area contributed by atoms with E-state index in [1.54, 1.807) is 11.0 Å². The number of hydrogen-bond donors (Lipinski definition) is 0. The number of anilines is 1. The van der Waals surface area contributed by atoms with Gasteiger partial charge >= 0.3 is 12.1 Å². The lowest BCUT2D eigenvalue weighted by molar-refractivity contribution is -0.143. The van der Waals surface area contributed by atoms with Crippen molar-refractivity contribution in [3.63, 3.8) is 0 Å². The molecular weight excluding hydrogens is 273 g/mol. The van der Waals surface area contributed by atoms with Crippen molar-refractivity contribution in [1.29, 1.82) is 5.26 Å². The number of methoxy groups -OCH3 is 1. The fraction of sp³-hybridized carbons (Fsp3) is 0.385. The number of alkyl halides is 3. The van der Waals surface area contributed by atoms with Crippen LogP contribution in [0.3, 0.4) is 0 Å². The quantitative estimate of drug-likeness (QED) is 0.782. The van der Waals surface area contributed by atoms with Gasteiger partial charge in [-0.15, -0.1) is 0 Å². The third-order valence-corrected chi connectivity index (χ3v) is 3.25. The zero-order valence-electron chi connectivity index (χ0n) is 10.6. The normalized spacial score (nSPS) is 18.1. The highest BCUT2D eigenvalue weighted by Gasteiger charge is 2.37. The molecule has 0 aliphatic carbocycles. The Labute approximate surface area is 113 Å². The van der Waals surface area contributed by atoms with E-state index in [0.717, 1.165) is 12.1 Å². The molecule has 1 unspecified atom stereocenters. The topological polar surface area (TPSA) is 53.3 Å². The molecule has 0 bridgehead atoms. The molecule has 1 saturated heterocycles. The maximum Gasteiger partial charge on any atom is 0.416 e. The summed E-state index contributed by atoms with van der Waals surface area (Å²) in [5, 5.41) is 9.00. The van der Waals surface area contributed by atoms with E-state index in [-0.39, 0.29) is 5.56 Å². The third kappa shape index (κ3) is 2.41. The first-order valence-electron chi connectivity index (χ1n) is 5.84. The molecule has 1 aromatic rings. The van der Waals surface area contributed by atoms with Gasteiger partial charge in [0.25, 0.3) is 0 Å². The Hall–Kier alpha value is -2.23. The van der Waals surface area contributed by atoms with Crippen LogP contribution in [0.2, 0.25) is 0 Å². The predicted molar refractivity (Wildman–Crippen MR) is 63.9 cm³/mol. The first-order chi connectivity index (χ1) is 9.38. The Balaban J connectivity index is 2.34. The molecular formula is C13H11F3N2O2. The van der Waals surface area contributed by atoms with Crippen molar-refractivity contribution in [1.82, 2.24) is 0 Å². The molecule has 1 aromatic carbocycles. The highest BCUT2D eigenvalue weighted by molar-refractivity contribution is 5.83. The summed E-state index contributed by atoms with van der Waals surface area (Å²) in [6.07, 6.45) is -3.95. The van der Waals surface area contributed by atoms with E-state index < -0.39 is 23.8 Å². The van der Waals surface area contributed by atoms with Crippen LogP contribution in [0.25, 0.3) is 0 Å². The Morgan fingerprint density at radius 1 is 1.50 bits per heavy atom. The number of nitriles is 1. The number of carbonyl (C=O) groups excluding carboxylic acids is 1. The van der Waals surface area contributed by atoms with E-state index in [0.29, 0.717) is 18.7 Å². The highest BCUT2D eigenvalue weighted by atomic mass is 19.4. The van der Waals surface area contributed by atoms with Gasteiger partial charge in [0.1, 0.15) is 12.1 Å². The standard InChI is InChI=1S/C13H11F3N2O2/c1-20-12(19)11-4-5-18(11)10-3-2-9(13(14,15)16)6-8(10)7-17/h2-3,6,11H,4-5H2,1H3. The molecule has 1 aliphatic heterocycles. The maximum absolute atomic E-state index is 12.6. The van der Waals surface area contributed by atoms with Gasteiger partial charge in [0.15, 0.2) is 0 Å². The Bertz CT molecular complexity index is 578. The second-order valence-corrected chi connectivity index (χ2v) is 4.36. The van der Waals surface area contributed by atoms with Crippen molar-refractivity contribution < 1.29 is 22.7 Å². The lowest BCUT2D eigenvalue weighted by Crippen LogP contribution is -2.53. The average Bonchev–Trinajstić information content (AvgIpc) is 2.36. The average molecular weight is 284 g/mol. The molecule has 0 saturated carbocycles. The lowest BCUT2D eigenvalue weighted by atomic mass is 9.99. The van der Waals surface area contributed by atoms with Gasteiger partial charge in [0.2, 0.25) is 0 Å². The number of halogens is 3. The van der Waals surface area contributed by atoms with Gasteiger partial charge in [-0.25, -0.2) is 4.79 Å². The molecule has 7 heteroatoms. The summed E-state index contributed by atoms with van der Waals surface area (Å²) < 4.78 is 42.4. The molecule has 0 N–H and O–H groups in total. The first-order valence-corrected chi connectivity index (χ1v) is 5.84. The lowest BCUT2D eigenvalue weighted by Gasteiger charge is -2.41. The van der Waals surface area contributed by atoms with Gasteiger partial charge in [-0.2, -0.15) is 18.4 Å². The van der Waals surface area contributed by atoms with Gasteiger partial charge < -0.3 is 9.64 Å². The van der Waals surface area contributed by atoms with Crippen LogP contribution in [-0.4, -0.2) is 25.7 Å². The minimum Gasteiger partial charge on any atom is -0.467 e. The second-order valence-electron chi connectivity index (χ2n) is 4.36. The number of benzene rings is 1. The Kier molecular flexibility index (Phi) is 3.57. The summed E-state index contributed by atoms with van der Waals surface area (Å²) in [6.45, 7) is 0.500. The molecule has 106 valence electrons. The van der Waals surface area contributed by atoms with E-state index in [1.807, 2.05) is 0 Å². The summed E-state index contributed by atoms with van der Waals surface area (Å²) in [5.41, 5.74) is -0.663. The fourth-order valence-corrected chi connectivity index (χ4v) is 2.11. The van der Waals surface area contributed by atoms with Gasteiger partial charge in [0.05, 0.1) is 23.9 Å². The molecule has 20 heavy (non-hydrogen) atoms. The van der Waals surface area contributed by atoms with Crippen molar-refractivity contribution in [2.45, 2.75) is 18.6 Å². The van der Waals surface area contributed by atoms with Crippen molar-refractivity contribution >= 4 is 11.7 Å². The predicted octanol–water partition coefficient (Wildman–Crippen LogP) is 2.33. The maximum atomic E-state index is 12.6. The number of hydrogen-bond acceptors (Lipinski definition) is 4. The van der Waals surface area contributed by atoms with Crippen molar-refractivity contribution in [3.05, 3.63) is 29.3 Å². The number of nitrogens with zero attached hydrogens (tertiary/aromatic N) is 2. The minimum absolute atomic E-state index is 0.103. The summed E-state index contributed by atoms with van der Waals surface area (Å²) >= 11 is 0. The van der Waals surface area contributed by atoms with Crippen LogP contribution in [-0.2, 0) is 15.7 Å². The van der Waals surface area contributed by atoms with Crippen molar-refractivity contribution in [3.8, 4) is 6.07 Å². The summed E-state index contributed by atoms with van der Waals surface area (Å²) in [6, 6.07) is 4.12. The highest BCUT2D eigenvalue weighted by Crippen LogP contribution is 2.35. The molecule has 2 rings (SSSR count). The SMILES string of the molecule is COC(=O)C1CCN1c1ccc(C(F)(F)F)cc1C#N. The zero-order chi connectivity index (χ0) is 14.9.